The van der Waals surface area contributed by atoms with Crippen molar-refractivity contribution in [2.75, 3.05) is 10.6 Å². The minimum Gasteiger partial charge on any atom is -0.332 e. The Hall–Kier alpha value is -1.87. The van der Waals surface area contributed by atoms with Gasteiger partial charge in [0.05, 0.1) is 0 Å². The molecule has 0 aliphatic rings. The van der Waals surface area contributed by atoms with Crippen molar-refractivity contribution in [1.29, 1.82) is 0 Å². The minimum absolute atomic E-state index is 0.442. The maximum Gasteiger partial charge on any atom is 0.175 e. The molecular formula is C20H26N2S. The molecule has 0 unspecified atom stereocenters. The first-order chi connectivity index (χ1) is 10.9. The molecule has 0 aliphatic carbocycles. The molecule has 0 radical (unpaired) electrons. The smallest absolute Gasteiger partial charge is 0.175 e. The standard InChI is InChI=1S/C20H26N2S/c1-13(2)16-10-8-11-17(14(3)4)19(16)22-20(23)21-18-12-7-6-9-15(18)5/h6-14H,1-5H3,(H2,21,22,23). The predicted octanol–water partition coefficient (Wildman–Crippen LogP) is 6.05. The lowest BCUT2D eigenvalue weighted by atomic mass is 9.93. The molecule has 0 fully saturated rings. The molecule has 0 bridgehead atoms. The number of nitrogens with one attached hydrogen (secondary N) is 2. The molecule has 3 heteroatoms. The van der Waals surface area contributed by atoms with E-state index in [0.717, 1.165) is 11.4 Å². The molecule has 2 N–H and O–H groups in total. The molecule has 23 heavy (non-hydrogen) atoms. The lowest BCUT2D eigenvalue weighted by Crippen LogP contribution is -2.21. The first-order valence-electron chi connectivity index (χ1n) is 8.16. The SMILES string of the molecule is Cc1ccccc1NC(=S)Nc1c(C(C)C)cccc1C(C)C. The third-order valence-electron chi connectivity index (χ3n) is 4.00. The Kier molecular flexibility index (Phi) is 5.78. The minimum atomic E-state index is 0.442. The van der Waals surface area contributed by atoms with Gasteiger partial charge in [-0.15, -0.1) is 0 Å². The Morgan fingerprint density at radius 2 is 1.39 bits per heavy atom. The summed E-state index contributed by atoms with van der Waals surface area (Å²) in [7, 11) is 0. The number of hydrogen-bond donors (Lipinski definition) is 2. The van der Waals surface area contributed by atoms with Gasteiger partial charge in [0.1, 0.15) is 0 Å². The quantitative estimate of drug-likeness (QED) is 0.669. The van der Waals surface area contributed by atoms with Crippen molar-refractivity contribution in [2.24, 2.45) is 0 Å². The van der Waals surface area contributed by atoms with Crippen LogP contribution in [0, 0.1) is 6.92 Å². The monoisotopic (exact) mass is 326 g/mol. The Morgan fingerprint density at radius 1 is 0.826 bits per heavy atom. The predicted molar refractivity (Wildman–Crippen MR) is 106 cm³/mol. The summed E-state index contributed by atoms with van der Waals surface area (Å²) in [6, 6.07) is 14.6. The summed E-state index contributed by atoms with van der Waals surface area (Å²) in [6.45, 7) is 10.9. The van der Waals surface area contributed by atoms with Gasteiger partial charge in [-0.25, -0.2) is 0 Å². The third kappa shape index (κ3) is 4.32. The van der Waals surface area contributed by atoms with Crippen LogP contribution in [0.15, 0.2) is 42.5 Å². The zero-order chi connectivity index (χ0) is 17.0. The van der Waals surface area contributed by atoms with Crippen molar-refractivity contribution in [3.8, 4) is 0 Å². The van der Waals surface area contributed by atoms with Crippen LogP contribution in [0.4, 0.5) is 11.4 Å². The molecule has 0 atom stereocenters. The van der Waals surface area contributed by atoms with Crippen LogP contribution < -0.4 is 10.6 Å². The van der Waals surface area contributed by atoms with Crippen molar-refractivity contribution in [1.82, 2.24) is 0 Å². The second-order valence-electron chi connectivity index (χ2n) is 6.51. The number of rotatable bonds is 4. The summed E-state index contributed by atoms with van der Waals surface area (Å²) >= 11 is 5.55. The summed E-state index contributed by atoms with van der Waals surface area (Å²) in [5, 5.41) is 7.38. The van der Waals surface area contributed by atoms with E-state index in [1.165, 1.54) is 16.7 Å². The molecule has 2 aromatic rings. The number of para-hydroxylation sites is 2. The highest BCUT2D eigenvalue weighted by molar-refractivity contribution is 7.80. The molecule has 0 saturated heterocycles. The molecule has 0 aliphatic heterocycles. The van der Waals surface area contributed by atoms with Crippen LogP contribution >= 0.6 is 12.2 Å². The summed E-state index contributed by atoms with van der Waals surface area (Å²) in [5.74, 6) is 0.884. The van der Waals surface area contributed by atoms with E-state index < -0.39 is 0 Å². The van der Waals surface area contributed by atoms with Gasteiger partial charge >= 0.3 is 0 Å². The van der Waals surface area contributed by atoms with Gasteiger partial charge in [0.25, 0.3) is 0 Å². The third-order valence-corrected chi connectivity index (χ3v) is 4.21. The highest BCUT2D eigenvalue weighted by Crippen LogP contribution is 2.32. The molecule has 2 rings (SSSR count). The molecule has 0 amide bonds. The van der Waals surface area contributed by atoms with Crippen molar-refractivity contribution in [3.05, 3.63) is 59.2 Å². The fourth-order valence-electron chi connectivity index (χ4n) is 2.68. The fourth-order valence-corrected chi connectivity index (χ4v) is 2.89. The van der Waals surface area contributed by atoms with Crippen molar-refractivity contribution >= 4 is 28.7 Å². The van der Waals surface area contributed by atoms with Crippen LogP contribution in [0.1, 0.15) is 56.2 Å². The molecule has 0 spiro atoms. The molecule has 122 valence electrons. The van der Waals surface area contributed by atoms with Crippen molar-refractivity contribution in [2.45, 2.75) is 46.5 Å². The summed E-state index contributed by atoms with van der Waals surface area (Å²) in [4.78, 5) is 0. The Bertz CT molecular complexity index is 664. The van der Waals surface area contributed by atoms with Gasteiger partial charge in [0, 0.05) is 11.4 Å². The highest BCUT2D eigenvalue weighted by atomic mass is 32.1. The second kappa shape index (κ2) is 7.60. The zero-order valence-corrected chi connectivity index (χ0v) is 15.4. The molecule has 2 nitrogen and oxygen atoms in total. The van der Waals surface area contributed by atoms with Crippen LogP contribution in [-0.4, -0.2) is 5.11 Å². The maximum atomic E-state index is 5.55. The Labute approximate surface area is 145 Å². The zero-order valence-electron chi connectivity index (χ0n) is 14.6. The Balaban J connectivity index is 2.28. The first kappa shape index (κ1) is 17.5. The van der Waals surface area contributed by atoms with Crippen LogP contribution in [-0.2, 0) is 0 Å². The van der Waals surface area contributed by atoms with Gasteiger partial charge < -0.3 is 10.6 Å². The maximum absolute atomic E-state index is 5.55. The summed E-state index contributed by atoms with van der Waals surface area (Å²) in [6.07, 6.45) is 0. The number of thiocarbonyl (C=S) groups is 1. The van der Waals surface area contributed by atoms with Crippen LogP contribution in [0.25, 0.3) is 0 Å². The topological polar surface area (TPSA) is 24.1 Å². The van der Waals surface area contributed by atoms with Crippen LogP contribution in [0.3, 0.4) is 0 Å². The van der Waals surface area contributed by atoms with Gasteiger partial charge in [0.15, 0.2) is 5.11 Å². The molecule has 2 aromatic carbocycles. The molecule has 0 heterocycles. The fraction of sp³-hybridized carbons (Fsp3) is 0.350. The van der Waals surface area contributed by atoms with Gasteiger partial charge in [-0.1, -0.05) is 64.1 Å². The molecule has 0 saturated carbocycles. The largest absolute Gasteiger partial charge is 0.332 e. The number of hydrogen-bond acceptors (Lipinski definition) is 1. The van der Waals surface area contributed by atoms with E-state index in [0.29, 0.717) is 16.9 Å². The summed E-state index contributed by atoms with van der Waals surface area (Å²) in [5.41, 5.74) is 5.95. The lowest BCUT2D eigenvalue weighted by molar-refractivity contribution is 0.839. The average molecular weight is 327 g/mol. The van der Waals surface area contributed by atoms with E-state index >= 15 is 0 Å². The van der Waals surface area contributed by atoms with Crippen molar-refractivity contribution in [3.63, 3.8) is 0 Å². The molecule has 0 aromatic heterocycles. The molecular weight excluding hydrogens is 300 g/mol. The first-order valence-corrected chi connectivity index (χ1v) is 8.57. The lowest BCUT2D eigenvalue weighted by Gasteiger charge is -2.22. The van der Waals surface area contributed by atoms with Gasteiger partial charge in [-0.05, 0) is 53.7 Å². The van der Waals surface area contributed by atoms with E-state index in [1.54, 1.807) is 0 Å². The van der Waals surface area contributed by atoms with Crippen molar-refractivity contribution < 1.29 is 0 Å². The van der Waals surface area contributed by atoms with Crippen LogP contribution in [0.5, 0.6) is 0 Å². The van der Waals surface area contributed by atoms with Gasteiger partial charge in [-0.2, -0.15) is 0 Å². The van der Waals surface area contributed by atoms with E-state index in [1.807, 2.05) is 18.2 Å². The Morgan fingerprint density at radius 3 is 1.91 bits per heavy atom. The van der Waals surface area contributed by atoms with Gasteiger partial charge in [-0.3, -0.25) is 0 Å². The van der Waals surface area contributed by atoms with E-state index in [2.05, 4.69) is 69.5 Å². The van der Waals surface area contributed by atoms with Crippen LogP contribution in [0.2, 0.25) is 0 Å². The van der Waals surface area contributed by atoms with E-state index in [-0.39, 0.29) is 0 Å². The van der Waals surface area contributed by atoms with E-state index in [4.69, 9.17) is 12.2 Å². The number of aryl methyl sites for hydroxylation is 1. The average Bonchev–Trinajstić information content (AvgIpc) is 2.49. The van der Waals surface area contributed by atoms with Gasteiger partial charge in [0.2, 0.25) is 0 Å². The summed E-state index contributed by atoms with van der Waals surface area (Å²) < 4.78 is 0. The normalized spacial score (nSPS) is 10.9. The highest BCUT2D eigenvalue weighted by Gasteiger charge is 2.14. The second-order valence-corrected chi connectivity index (χ2v) is 6.92. The number of anilines is 2. The number of benzene rings is 2. The van der Waals surface area contributed by atoms with E-state index in [9.17, 15) is 0 Å².